The van der Waals surface area contributed by atoms with Crippen molar-refractivity contribution in [3.63, 3.8) is 0 Å². The highest BCUT2D eigenvalue weighted by Crippen LogP contribution is 2.43. The number of imidazole rings is 1. The van der Waals surface area contributed by atoms with Crippen molar-refractivity contribution in [2.24, 2.45) is 0 Å². The third-order valence-electron chi connectivity index (χ3n) is 4.88. The van der Waals surface area contributed by atoms with Crippen LogP contribution in [0.3, 0.4) is 0 Å². The van der Waals surface area contributed by atoms with Crippen LogP contribution in [0.5, 0.6) is 0 Å². The fourth-order valence-corrected chi connectivity index (χ4v) is 3.97. The molecule has 1 N–H and O–H groups in total. The van der Waals surface area contributed by atoms with Crippen LogP contribution >= 0.6 is 11.8 Å². The van der Waals surface area contributed by atoms with E-state index in [4.69, 9.17) is 4.98 Å². The predicted octanol–water partition coefficient (Wildman–Crippen LogP) is 5.16. The largest absolute Gasteiger partial charge is 0.365 e. The molecule has 0 aliphatic heterocycles. The van der Waals surface area contributed by atoms with Gasteiger partial charge in [-0.15, -0.1) is 0 Å². The zero-order valence-corrected chi connectivity index (χ0v) is 16.9. The monoisotopic (exact) mass is 403 g/mol. The SMILES string of the molecule is CCCSc1nc(N[C@@H]2C[C@H]2c2ccc(F)c(F)c2)c2ncn(C(C)C)c2n1. The third kappa shape index (κ3) is 3.70. The molecule has 1 aliphatic rings. The maximum atomic E-state index is 13.5. The van der Waals surface area contributed by atoms with E-state index in [9.17, 15) is 8.78 Å². The van der Waals surface area contributed by atoms with Crippen molar-refractivity contribution >= 4 is 28.7 Å². The molecule has 0 amide bonds. The molecule has 2 heterocycles. The molecule has 1 aliphatic carbocycles. The van der Waals surface area contributed by atoms with Crippen molar-refractivity contribution in [3.8, 4) is 0 Å². The quantitative estimate of drug-likeness (QED) is 0.436. The van der Waals surface area contributed by atoms with Gasteiger partial charge in [0.2, 0.25) is 0 Å². The van der Waals surface area contributed by atoms with E-state index in [-0.39, 0.29) is 18.0 Å². The van der Waals surface area contributed by atoms with E-state index in [1.54, 1.807) is 24.2 Å². The number of nitrogens with one attached hydrogen (secondary N) is 1. The van der Waals surface area contributed by atoms with Crippen molar-refractivity contribution in [2.45, 2.75) is 56.8 Å². The van der Waals surface area contributed by atoms with Crippen LogP contribution in [0.2, 0.25) is 0 Å². The Morgan fingerprint density at radius 3 is 2.79 bits per heavy atom. The number of fused-ring (bicyclic) bond motifs is 1. The maximum absolute atomic E-state index is 13.5. The van der Waals surface area contributed by atoms with Crippen LogP contribution in [0, 0.1) is 11.6 Å². The van der Waals surface area contributed by atoms with Gasteiger partial charge in [0, 0.05) is 23.8 Å². The summed E-state index contributed by atoms with van der Waals surface area (Å²) in [6.45, 7) is 6.31. The summed E-state index contributed by atoms with van der Waals surface area (Å²) in [6.07, 6.45) is 3.68. The lowest BCUT2D eigenvalue weighted by Gasteiger charge is -2.11. The summed E-state index contributed by atoms with van der Waals surface area (Å²) >= 11 is 1.63. The summed E-state index contributed by atoms with van der Waals surface area (Å²) in [4.78, 5) is 13.9. The molecule has 1 fully saturated rings. The number of aromatic nitrogens is 4. The van der Waals surface area contributed by atoms with E-state index in [1.807, 2.05) is 4.57 Å². The second-order valence-corrected chi connectivity index (χ2v) is 8.45. The number of anilines is 1. The predicted molar refractivity (Wildman–Crippen MR) is 108 cm³/mol. The van der Waals surface area contributed by atoms with Crippen LogP contribution in [-0.2, 0) is 0 Å². The first-order chi connectivity index (χ1) is 13.5. The number of nitrogens with zero attached hydrogens (tertiary/aromatic N) is 4. The minimum atomic E-state index is -0.816. The summed E-state index contributed by atoms with van der Waals surface area (Å²) < 4.78 is 28.8. The molecule has 28 heavy (non-hydrogen) atoms. The van der Waals surface area contributed by atoms with Crippen molar-refractivity contribution in [1.29, 1.82) is 0 Å². The molecule has 0 radical (unpaired) electrons. The molecule has 2 atom stereocenters. The van der Waals surface area contributed by atoms with Crippen molar-refractivity contribution < 1.29 is 8.78 Å². The van der Waals surface area contributed by atoms with Gasteiger partial charge in [-0.25, -0.2) is 23.7 Å². The molecule has 3 aromatic rings. The molecule has 1 saturated carbocycles. The highest BCUT2D eigenvalue weighted by molar-refractivity contribution is 7.99. The summed E-state index contributed by atoms with van der Waals surface area (Å²) in [5.41, 5.74) is 2.36. The van der Waals surface area contributed by atoms with E-state index < -0.39 is 11.6 Å². The van der Waals surface area contributed by atoms with E-state index in [1.165, 1.54) is 12.1 Å². The lowest BCUT2D eigenvalue weighted by molar-refractivity contribution is 0.507. The molecule has 0 saturated heterocycles. The lowest BCUT2D eigenvalue weighted by atomic mass is 10.1. The van der Waals surface area contributed by atoms with Crippen molar-refractivity contribution in [2.75, 3.05) is 11.1 Å². The van der Waals surface area contributed by atoms with Crippen LogP contribution < -0.4 is 5.32 Å². The molecule has 148 valence electrons. The van der Waals surface area contributed by atoms with Gasteiger partial charge in [-0.3, -0.25) is 0 Å². The fourth-order valence-electron chi connectivity index (χ4n) is 3.27. The van der Waals surface area contributed by atoms with Gasteiger partial charge in [-0.2, -0.15) is 0 Å². The highest BCUT2D eigenvalue weighted by atomic mass is 32.2. The summed E-state index contributed by atoms with van der Waals surface area (Å²) in [5.74, 6) is 0.170. The molecule has 1 aromatic carbocycles. The Hall–Kier alpha value is -2.22. The highest BCUT2D eigenvalue weighted by Gasteiger charge is 2.39. The van der Waals surface area contributed by atoms with Gasteiger partial charge >= 0.3 is 0 Å². The molecule has 2 aromatic heterocycles. The van der Waals surface area contributed by atoms with Gasteiger partial charge in [0.1, 0.15) is 0 Å². The van der Waals surface area contributed by atoms with Gasteiger partial charge < -0.3 is 9.88 Å². The third-order valence-corrected chi connectivity index (χ3v) is 5.93. The first-order valence-electron chi connectivity index (χ1n) is 9.56. The molecule has 5 nitrogen and oxygen atoms in total. The standard InChI is InChI=1S/C20H23F2N5S/c1-4-7-28-20-25-18(17-19(26-20)27(10-23-17)11(2)3)24-16-9-13(16)12-5-6-14(21)15(22)8-12/h5-6,8,10-11,13,16H,4,7,9H2,1-3H3,(H,24,25,26)/t13-,16+/m0/s1. The van der Waals surface area contributed by atoms with Crippen molar-refractivity contribution in [1.82, 2.24) is 19.5 Å². The minimum absolute atomic E-state index is 0.121. The van der Waals surface area contributed by atoms with E-state index in [0.717, 1.165) is 40.5 Å². The normalized spacial score (nSPS) is 18.8. The first kappa shape index (κ1) is 19.1. The number of hydrogen-bond acceptors (Lipinski definition) is 5. The summed E-state index contributed by atoms with van der Waals surface area (Å²) in [6, 6.07) is 4.49. The van der Waals surface area contributed by atoms with Crippen LogP contribution in [0.25, 0.3) is 11.2 Å². The van der Waals surface area contributed by atoms with E-state index >= 15 is 0 Å². The van der Waals surface area contributed by atoms with Gasteiger partial charge in [0.15, 0.2) is 33.8 Å². The fraction of sp³-hybridized carbons (Fsp3) is 0.450. The zero-order valence-electron chi connectivity index (χ0n) is 16.1. The maximum Gasteiger partial charge on any atom is 0.191 e. The van der Waals surface area contributed by atoms with Gasteiger partial charge in [-0.05, 0) is 44.4 Å². The minimum Gasteiger partial charge on any atom is -0.365 e. The van der Waals surface area contributed by atoms with Crippen LogP contribution in [0.4, 0.5) is 14.6 Å². The Balaban J connectivity index is 1.61. The number of thioether (sulfide) groups is 1. The zero-order chi connectivity index (χ0) is 19.8. The van der Waals surface area contributed by atoms with Crippen LogP contribution in [0.15, 0.2) is 29.7 Å². The number of benzene rings is 1. The van der Waals surface area contributed by atoms with Crippen LogP contribution in [0.1, 0.15) is 51.1 Å². The Labute approximate surface area is 167 Å². The number of rotatable bonds is 7. The molecular weight excluding hydrogens is 380 g/mol. The molecule has 8 heteroatoms. The summed E-state index contributed by atoms with van der Waals surface area (Å²) in [7, 11) is 0. The number of halogens is 2. The Morgan fingerprint density at radius 2 is 2.07 bits per heavy atom. The Bertz CT molecular complexity index is 1000. The molecule has 0 spiro atoms. The molecule has 0 unspecified atom stereocenters. The average molecular weight is 404 g/mol. The Morgan fingerprint density at radius 1 is 1.25 bits per heavy atom. The average Bonchev–Trinajstić information content (AvgIpc) is 3.28. The molecule has 4 rings (SSSR count). The number of hydrogen-bond donors (Lipinski definition) is 1. The van der Waals surface area contributed by atoms with E-state index in [0.29, 0.717) is 5.82 Å². The van der Waals surface area contributed by atoms with Crippen LogP contribution in [-0.4, -0.2) is 31.3 Å². The topological polar surface area (TPSA) is 55.6 Å². The van der Waals surface area contributed by atoms with Crippen molar-refractivity contribution in [3.05, 3.63) is 41.7 Å². The lowest BCUT2D eigenvalue weighted by Crippen LogP contribution is -2.09. The smallest absolute Gasteiger partial charge is 0.191 e. The van der Waals surface area contributed by atoms with Gasteiger partial charge in [0.05, 0.1) is 6.33 Å². The second-order valence-electron chi connectivity index (χ2n) is 7.39. The Kier molecular flexibility index (Phi) is 5.23. The van der Waals surface area contributed by atoms with E-state index in [2.05, 4.69) is 36.1 Å². The second kappa shape index (κ2) is 7.66. The van der Waals surface area contributed by atoms with Gasteiger partial charge in [0.25, 0.3) is 0 Å². The molecule has 0 bridgehead atoms. The molecular formula is C20H23F2N5S. The first-order valence-corrected chi connectivity index (χ1v) is 10.5. The van der Waals surface area contributed by atoms with Gasteiger partial charge in [-0.1, -0.05) is 24.8 Å². The summed E-state index contributed by atoms with van der Waals surface area (Å²) in [5, 5.41) is 4.18.